The lowest BCUT2D eigenvalue weighted by Gasteiger charge is -2.14. The van der Waals surface area contributed by atoms with E-state index in [1.54, 1.807) is 53.5 Å². The van der Waals surface area contributed by atoms with Gasteiger partial charge in [-0.1, -0.05) is 58.9 Å². The minimum Gasteiger partial charge on any atom is -0.478 e. The van der Waals surface area contributed by atoms with Crippen LogP contribution >= 0.6 is 0 Å². The first kappa shape index (κ1) is 55.5. The maximum absolute atomic E-state index is 12.5. The third-order valence-electron chi connectivity index (χ3n) is 11.8. The number of aromatic amines is 1. The number of anilines is 1. The predicted molar refractivity (Wildman–Crippen MR) is 291 cm³/mol. The van der Waals surface area contributed by atoms with Crippen LogP contribution in [0.3, 0.4) is 0 Å². The lowest BCUT2D eigenvalue weighted by molar-refractivity contribution is -0.117. The second kappa shape index (κ2) is 25.3. The highest BCUT2D eigenvalue weighted by Gasteiger charge is 2.21. The second-order valence-corrected chi connectivity index (χ2v) is 17.3. The number of rotatable bonds is 10. The highest BCUT2D eigenvalue weighted by atomic mass is 16.4. The largest absolute Gasteiger partial charge is 0.478 e. The smallest absolute Gasteiger partial charge is 0.338 e. The topological polar surface area (TPSA) is 404 Å². The predicted octanol–water partition coefficient (Wildman–Crippen LogP) is 6.30. The van der Waals surface area contributed by atoms with Crippen LogP contribution in [0.1, 0.15) is 82.9 Å². The van der Waals surface area contributed by atoms with Crippen LogP contribution in [0.15, 0.2) is 144 Å². The normalized spacial score (nSPS) is 11.6. The molecule has 8 heterocycles. The summed E-state index contributed by atoms with van der Waals surface area (Å²) >= 11 is 0. The van der Waals surface area contributed by atoms with Crippen molar-refractivity contribution in [1.82, 2.24) is 74.5 Å². The van der Waals surface area contributed by atoms with E-state index < -0.39 is 17.8 Å². The summed E-state index contributed by atoms with van der Waals surface area (Å²) in [4.78, 5) is 66.4. The minimum atomic E-state index is -0.942. The fraction of sp³-hybridized carbons (Fsp3) is 0.173. The standard InChI is InChI=1S/C19H16N8O.C14H14N6O.C11H10N4.C5H6N2O2.C3H4N2O/c1-11(12-5-6-15-13(8-12)4-3-7-20-15)27-18-16(24-25-27)19(28)23-17(22-18)14-9-21-26(2)10-14;1-8(20-13(15)12(14(16)21)18-19-20)9-4-5-11-10(7-9)3-2-6-17-11;1-8(14-15-12)9-4-5-11-10(7-9)3-2-6-13-11;1-7-3-4(2-6-7)5(8)9;4-2-1-3(5)6/h3-11H,1-2H3,(H,22,23,28);2-8H,15H2,1H3,(H2,16,21);2-8H,1H3;2-3H,1H3,(H,8,9);1H2,(H2,5,6)/t11-;;;;/m0..../s1. The molecule has 79 heavy (non-hydrogen) atoms. The maximum atomic E-state index is 12.5. The van der Waals surface area contributed by atoms with Gasteiger partial charge < -0.3 is 27.3 Å². The highest BCUT2D eigenvalue weighted by Crippen LogP contribution is 2.26. The van der Waals surface area contributed by atoms with Crippen LogP contribution in [-0.4, -0.2) is 97.4 Å². The van der Waals surface area contributed by atoms with E-state index in [0.717, 1.165) is 55.0 Å². The molecule has 0 fully saturated rings. The van der Waals surface area contributed by atoms with Gasteiger partial charge in [0.05, 0.1) is 64.3 Å². The van der Waals surface area contributed by atoms with Crippen molar-refractivity contribution in [3.8, 4) is 17.5 Å². The Morgan fingerprint density at radius 3 is 1.72 bits per heavy atom. The Bertz CT molecular complexity index is 4130. The summed E-state index contributed by atoms with van der Waals surface area (Å²) in [7, 11) is 3.48. The summed E-state index contributed by atoms with van der Waals surface area (Å²) in [6.07, 6.45) is 11.3. The van der Waals surface area contributed by atoms with E-state index in [4.69, 9.17) is 27.4 Å². The molecule has 398 valence electrons. The van der Waals surface area contributed by atoms with Gasteiger partial charge in [0.1, 0.15) is 12.2 Å². The summed E-state index contributed by atoms with van der Waals surface area (Å²) in [5, 5.41) is 46.5. The number of carboxylic acid groups (broad SMARTS) is 1. The summed E-state index contributed by atoms with van der Waals surface area (Å²) in [6.45, 7) is 5.79. The SMILES string of the molecule is CC(N=[N+]=[N-])c1ccc2ncccc2c1.CC(c1ccc2ncccc2c1)n1nnc(C(N)=O)c1N.C[C@@H](c1ccc2ncccc2c1)n1nnc2c(=O)[nH]c(-c3cnn(C)c3)nc21.Cn1cc(C(=O)O)cn1.N#CCC(N)=O. The van der Waals surface area contributed by atoms with Crippen LogP contribution in [0.4, 0.5) is 5.82 Å². The summed E-state index contributed by atoms with van der Waals surface area (Å²) < 4.78 is 6.25. The first-order valence-corrected chi connectivity index (χ1v) is 23.8. The molecule has 0 saturated heterocycles. The average Bonchev–Trinajstić information content (AvgIpc) is 4.37. The second-order valence-electron chi connectivity index (χ2n) is 17.3. The van der Waals surface area contributed by atoms with E-state index in [1.807, 2.05) is 113 Å². The fourth-order valence-electron chi connectivity index (χ4n) is 7.64. The number of nitrogen functional groups attached to an aromatic ring is 1. The van der Waals surface area contributed by atoms with Crippen molar-refractivity contribution in [2.24, 2.45) is 30.7 Å². The Morgan fingerprint density at radius 2 is 1.28 bits per heavy atom. The number of carbonyl (C=O) groups is 3. The van der Waals surface area contributed by atoms with E-state index >= 15 is 0 Å². The van der Waals surface area contributed by atoms with Gasteiger partial charge in [0.15, 0.2) is 22.7 Å². The molecular weight excluding hydrogens is 1010 g/mol. The molecule has 8 N–H and O–H groups in total. The Morgan fingerprint density at radius 1 is 0.759 bits per heavy atom. The van der Waals surface area contributed by atoms with Crippen molar-refractivity contribution in [3.63, 3.8) is 0 Å². The van der Waals surface area contributed by atoms with Crippen molar-refractivity contribution in [2.75, 3.05) is 5.73 Å². The summed E-state index contributed by atoms with van der Waals surface area (Å²) in [6, 6.07) is 30.6. The number of carbonyl (C=O) groups excluding carboxylic acids is 2. The number of benzene rings is 3. The number of nitrogens with one attached hydrogen (secondary N) is 1. The number of amides is 2. The van der Waals surface area contributed by atoms with Gasteiger partial charge in [-0.15, -0.1) is 10.2 Å². The monoisotopic (exact) mass is 1060 g/mol. The zero-order valence-corrected chi connectivity index (χ0v) is 43.0. The molecule has 0 aliphatic carbocycles. The Balaban J connectivity index is 0.000000156. The third kappa shape index (κ3) is 13.7. The Hall–Kier alpha value is -11.3. The number of nitrogens with zero attached hydrogens (tertiary/aromatic N) is 18. The van der Waals surface area contributed by atoms with Crippen LogP contribution < -0.4 is 22.8 Å². The average molecular weight is 1060 g/mol. The molecule has 0 saturated carbocycles. The van der Waals surface area contributed by atoms with Crippen molar-refractivity contribution < 1.29 is 19.5 Å². The number of primary amides is 2. The fourth-order valence-corrected chi connectivity index (χ4v) is 7.64. The van der Waals surface area contributed by atoms with E-state index in [9.17, 15) is 19.2 Å². The molecule has 3 aromatic carbocycles. The molecule has 27 nitrogen and oxygen atoms in total. The van der Waals surface area contributed by atoms with Crippen LogP contribution in [0.5, 0.6) is 0 Å². The molecule has 0 aliphatic heterocycles. The molecule has 2 unspecified atom stereocenters. The van der Waals surface area contributed by atoms with Gasteiger partial charge in [-0.05, 0) is 90.7 Å². The number of aromatic carboxylic acids is 1. The molecule has 0 radical (unpaired) electrons. The molecule has 27 heteroatoms. The van der Waals surface area contributed by atoms with Gasteiger partial charge in [0.2, 0.25) is 5.91 Å². The molecule has 0 bridgehead atoms. The number of hydrogen-bond acceptors (Lipinski definition) is 17. The lowest BCUT2D eigenvalue weighted by atomic mass is 10.1. The number of carboxylic acids is 1. The molecule has 0 spiro atoms. The van der Waals surface area contributed by atoms with Gasteiger partial charge in [0.25, 0.3) is 11.5 Å². The number of fused-ring (bicyclic) bond motifs is 4. The first-order chi connectivity index (χ1) is 38.0. The molecule has 3 atom stereocenters. The minimum absolute atomic E-state index is 0.00990. The van der Waals surface area contributed by atoms with Gasteiger partial charge in [-0.2, -0.15) is 15.5 Å². The van der Waals surface area contributed by atoms with Crippen molar-refractivity contribution in [2.45, 2.75) is 45.3 Å². The number of aromatic nitrogens is 15. The van der Waals surface area contributed by atoms with Gasteiger partial charge >= 0.3 is 5.97 Å². The lowest BCUT2D eigenvalue weighted by Crippen LogP contribution is -2.16. The van der Waals surface area contributed by atoms with Crippen molar-refractivity contribution >= 4 is 67.5 Å². The number of nitrogens with two attached hydrogens (primary N) is 3. The quantitative estimate of drug-likeness (QED) is 0.0570. The third-order valence-corrected chi connectivity index (χ3v) is 11.8. The Labute approximate surface area is 447 Å². The zero-order valence-electron chi connectivity index (χ0n) is 43.0. The number of azide groups is 1. The van der Waals surface area contributed by atoms with E-state index in [0.29, 0.717) is 11.5 Å². The number of pyridine rings is 3. The van der Waals surface area contributed by atoms with E-state index in [1.165, 1.54) is 21.8 Å². The first-order valence-electron chi connectivity index (χ1n) is 23.8. The van der Waals surface area contributed by atoms with E-state index in [2.05, 4.69) is 77.6 Å². The zero-order chi connectivity index (χ0) is 56.8. The van der Waals surface area contributed by atoms with Crippen LogP contribution in [0, 0.1) is 11.3 Å². The van der Waals surface area contributed by atoms with Crippen LogP contribution in [0.2, 0.25) is 0 Å². The molecule has 11 aromatic rings. The highest BCUT2D eigenvalue weighted by molar-refractivity contribution is 5.95. The van der Waals surface area contributed by atoms with Crippen molar-refractivity contribution in [3.05, 3.63) is 183 Å². The van der Waals surface area contributed by atoms with Crippen LogP contribution in [-0.2, 0) is 18.9 Å². The molecular formula is C52H50N22O5. The Kier molecular flexibility index (Phi) is 17.8. The molecule has 11 rings (SSSR count). The van der Waals surface area contributed by atoms with Gasteiger partial charge in [-0.25, -0.2) is 19.1 Å². The number of hydrogen-bond donors (Lipinski definition) is 5. The molecule has 8 aromatic heterocycles. The number of aryl methyl sites for hydroxylation is 2. The van der Waals surface area contributed by atoms with E-state index in [-0.39, 0.29) is 52.7 Å². The van der Waals surface area contributed by atoms with Crippen molar-refractivity contribution in [1.29, 1.82) is 5.26 Å². The summed E-state index contributed by atoms with van der Waals surface area (Å²) in [5.74, 6) is -1.60. The number of nitriles is 1. The van der Waals surface area contributed by atoms with Gasteiger partial charge in [-0.3, -0.25) is 38.7 Å². The molecule has 2 amide bonds. The van der Waals surface area contributed by atoms with Gasteiger partial charge in [0, 0.05) is 66.1 Å². The number of H-pyrrole nitrogens is 1. The van der Waals surface area contributed by atoms with Crippen LogP contribution in [0.25, 0.3) is 65.7 Å². The summed E-state index contributed by atoms with van der Waals surface area (Å²) in [5.41, 5.74) is 31.0. The maximum Gasteiger partial charge on any atom is 0.338 e. The molecule has 0 aliphatic rings.